The molecule has 1 heterocycles. The maximum atomic E-state index is 12.2. The van der Waals surface area contributed by atoms with Crippen LogP contribution in [0.3, 0.4) is 0 Å². The minimum absolute atomic E-state index is 0.0944. The van der Waals surface area contributed by atoms with Gasteiger partial charge in [0.2, 0.25) is 0 Å². The van der Waals surface area contributed by atoms with Crippen LogP contribution in [-0.4, -0.2) is 50.9 Å². The standard InChI is InChI=1S/C9H10F3N3O3/c1-14-3-6(2-13-14)8(18)15(4-7(16)17)5-9(10,11)12/h2-3H,4-5H2,1H3,(H,16,17). The lowest BCUT2D eigenvalue weighted by atomic mass is 10.3. The minimum Gasteiger partial charge on any atom is -0.480 e. The van der Waals surface area contributed by atoms with Crippen LogP contribution in [0.25, 0.3) is 0 Å². The molecule has 9 heteroatoms. The fourth-order valence-corrected chi connectivity index (χ4v) is 1.29. The number of carboxylic acids is 1. The van der Waals surface area contributed by atoms with Gasteiger partial charge in [-0.1, -0.05) is 0 Å². The van der Waals surface area contributed by atoms with E-state index in [0.717, 1.165) is 6.20 Å². The summed E-state index contributed by atoms with van der Waals surface area (Å²) in [7, 11) is 1.49. The Morgan fingerprint density at radius 2 is 2.11 bits per heavy atom. The lowest BCUT2D eigenvalue weighted by molar-refractivity contribution is -0.149. The van der Waals surface area contributed by atoms with Gasteiger partial charge in [-0.25, -0.2) is 0 Å². The van der Waals surface area contributed by atoms with Crippen LogP contribution in [0.5, 0.6) is 0 Å². The summed E-state index contributed by atoms with van der Waals surface area (Å²) in [6.07, 6.45) is -2.37. The normalized spacial score (nSPS) is 11.3. The van der Waals surface area contributed by atoms with E-state index in [-0.39, 0.29) is 10.5 Å². The summed E-state index contributed by atoms with van der Waals surface area (Å²) >= 11 is 0. The van der Waals surface area contributed by atoms with Gasteiger partial charge in [-0.15, -0.1) is 0 Å². The number of nitrogens with zero attached hydrogens (tertiary/aromatic N) is 3. The monoisotopic (exact) mass is 265 g/mol. The summed E-state index contributed by atoms with van der Waals surface area (Å²) in [5, 5.41) is 12.1. The zero-order valence-electron chi connectivity index (χ0n) is 9.31. The first kappa shape index (κ1) is 14.0. The zero-order valence-corrected chi connectivity index (χ0v) is 9.31. The molecule has 0 fully saturated rings. The highest BCUT2D eigenvalue weighted by Gasteiger charge is 2.34. The number of carbonyl (C=O) groups excluding carboxylic acids is 1. The van der Waals surface area contributed by atoms with Crippen molar-refractivity contribution in [3.8, 4) is 0 Å². The first-order chi connectivity index (χ1) is 8.19. The van der Waals surface area contributed by atoms with Crippen molar-refractivity contribution in [1.82, 2.24) is 14.7 Å². The Bertz CT molecular complexity index is 455. The molecule has 100 valence electrons. The summed E-state index contributed by atoms with van der Waals surface area (Å²) in [5.74, 6) is -2.54. The third-order valence-corrected chi connectivity index (χ3v) is 1.94. The van der Waals surface area contributed by atoms with Crippen molar-refractivity contribution in [3.05, 3.63) is 18.0 Å². The van der Waals surface area contributed by atoms with E-state index >= 15 is 0 Å². The highest BCUT2D eigenvalue weighted by molar-refractivity contribution is 5.95. The zero-order chi connectivity index (χ0) is 13.9. The summed E-state index contributed by atoms with van der Waals surface area (Å²) in [4.78, 5) is 22.3. The number of alkyl halides is 3. The first-order valence-corrected chi connectivity index (χ1v) is 4.75. The minimum atomic E-state index is -4.66. The molecule has 18 heavy (non-hydrogen) atoms. The van der Waals surface area contributed by atoms with Gasteiger partial charge in [0.05, 0.1) is 11.8 Å². The average Bonchev–Trinajstić information content (AvgIpc) is 2.59. The maximum Gasteiger partial charge on any atom is 0.406 e. The van der Waals surface area contributed by atoms with Gasteiger partial charge in [-0.3, -0.25) is 14.3 Å². The smallest absolute Gasteiger partial charge is 0.406 e. The molecule has 1 aromatic rings. The molecule has 0 aliphatic rings. The van der Waals surface area contributed by atoms with Gasteiger partial charge in [0.25, 0.3) is 5.91 Å². The van der Waals surface area contributed by atoms with Gasteiger partial charge in [0.1, 0.15) is 13.1 Å². The van der Waals surface area contributed by atoms with Crippen LogP contribution in [0.4, 0.5) is 13.2 Å². The molecule has 0 aliphatic carbocycles. The van der Waals surface area contributed by atoms with E-state index in [9.17, 15) is 22.8 Å². The molecule has 0 spiro atoms. The van der Waals surface area contributed by atoms with Crippen LogP contribution >= 0.6 is 0 Å². The number of aryl methyl sites for hydroxylation is 1. The Labute approximate surface area is 99.6 Å². The number of carbonyl (C=O) groups is 2. The molecule has 1 N–H and O–H groups in total. The van der Waals surface area contributed by atoms with Crippen LogP contribution in [0.2, 0.25) is 0 Å². The third-order valence-electron chi connectivity index (χ3n) is 1.94. The molecule has 1 rings (SSSR count). The maximum absolute atomic E-state index is 12.2. The van der Waals surface area contributed by atoms with Gasteiger partial charge in [0, 0.05) is 13.2 Å². The molecule has 1 amide bonds. The van der Waals surface area contributed by atoms with Crippen molar-refractivity contribution >= 4 is 11.9 Å². The lowest BCUT2D eigenvalue weighted by Crippen LogP contribution is -2.41. The van der Waals surface area contributed by atoms with Crippen LogP contribution in [0.15, 0.2) is 12.4 Å². The predicted octanol–water partition coefficient (Wildman–Crippen LogP) is 0.509. The number of aliphatic carboxylic acids is 1. The summed E-state index contributed by atoms with van der Waals surface area (Å²) in [6, 6.07) is 0. The number of aromatic nitrogens is 2. The molecule has 6 nitrogen and oxygen atoms in total. The molecule has 0 radical (unpaired) electrons. The van der Waals surface area contributed by atoms with Crippen LogP contribution in [0.1, 0.15) is 10.4 Å². The Morgan fingerprint density at radius 3 is 2.50 bits per heavy atom. The fraction of sp³-hybridized carbons (Fsp3) is 0.444. The molecule has 0 aliphatic heterocycles. The number of halogens is 3. The van der Waals surface area contributed by atoms with Gasteiger partial charge < -0.3 is 10.0 Å². The molecule has 0 unspecified atom stereocenters. The third kappa shape index (κ3) is 4.07. The van der Waals surface area contributed by atoms with E-state index in [1.165, 1.54) is 17.9 Å². The summed E-state index contributed by atoms with van der Waals surface area (Å²) < 4.78 is 37.9. The Morgan fingerprint density at radius 1 is 1.50 bits per heavy atom. The van der Waals surface area contributed by atoms with Crippen LogP contribution in [-0.2, 0) is 11.8 Å². The second kappa shape index (κ2) is 5.07. The Hall–Kier alpha value is -2.06. The quantitative estimate of drug-likeness (QED) is 0.860. The second-order valence-electron chi connectivity index (χ2n) is 3.57. The van der Waals surface area contributed by atoms with Crippen molar-refractivity contribution in [2.45, 2.75) is 6.18 Å². The number of amides is 1. The van der Waals surface area contributed by atoms with Crippen molar-refractivity contribution in [3.63, 3.8) is 0 Å². The van der Waals surface area contributed by atoms with Gasteiger partial charge >= 0.3 is 12.1 Å². The lowest BCUT2D eigenvalue weighted by Gasteiger charge is -2.21. The second-order valence-corrected chi connectivity index (χ2v) is 3.57. The molecule has 0 aromatic carbocycles. The SMILES string of the molecule is Cn1cc(C(=O)N(CC(=O)O)CC(F)(F)F)cn1. The van der Waals surface area contributed by atoms with Crippen LogP contribution < -0.4 is 0 Å². The van der Waals surface area contributed by atoms with Crippen molar-refractivity contribution in [2.24, 2.45) is 7.05 Å². The number of hydrogen-bond acceptors (Lipinski definition) is 3. The highest BCUT2D eigenvalue weighted by atomic mass is 19.4. The number of rotatable bonds is 4. The highest BCUT2D eigenvalue weighted by Crippen LogP contribution is 2.17. The van der Waals surface area contributed by atoms with Crippen LogP contribution in [0, 0.1) is 0 Å². The Kier molecular flexibility index (Phi) is 3.94. The van der Waals surface area contributed by atoms with E-state index in [2.05, 4.69) is 5.10 Å². The van der Waals surface area contributed by atoms with Crippen molar-refractivity contribution < 1.29 is 27.9 Å². The van der Waals surface area contributed by atoms with E-state index < -0.39 is 31.1 Å². The predicted molar refractivity (Wildman–Crippen MR) is 52.8 cm³/mol. The van der Waals surface area contributed by atoms with E-state index in [4.69, 9.17) is 5.11 Å². The molecular formula is C9H10F3N3O3. The fourth-order valence-electron chi connectivity index (χ4n) is 1.29. The largest absolute Gasteiger partial charge is 0.480 e. The van der Waals surface area contributed by atoms with Gasteiger partial charge in [-0.05, 0) is 0 Å². The van der Waals surface area contributed by atoms with E-state index in [0.29, 0.717) is 0 Å². The van der Waals surface area contributed by atoms with E-state index in [1.807, 2.05) is 0 Å². The molecule has 1 aromatic heterocycles. The Balaban J connectivity index is 2.88. The van der Waals surface area contributed by atoms with Gasteiger partial charge in [0.15, 0.2) is 0 Å². The molecule has 0 atom stereocenters. The summed E-state index contributed by atoms with van der Waals surface area (Å²) in [5.41, 5.74) is -0.0944. The molecule has 0 saturated carbocycles. The summed E-state index contributed by atoms with van der Waals surface area (Å²) in [6.45, 7) is -2.64. The number of carboxylic acid groups (broad SMARTS) is 1. The van der Waals surface area contributed by atoms with E-state index in [1.54, 1.807) is 0 Å². The van der Waals surface area contributed by atoms with Gasteiger partial charge in [-0.2, -0.15) is 18.3 Å². The number of hydrogen-bond donors (Lipinski definition) is 1. The average molecular weight is 265 g/mol. The first-order valence-electron chi connectivity index (χ1n) is 4.75. The molecular weight excluding hydrogens is 255 g/mol. The van der Waals surface area contributed by atoms with Crippen molar-refractivity contribution in [2.75, 3.05) is 13.1 Å². The van der Waals surface area contributed by atoms with Crippen molar-refractivity contribution in [1.29, 1.82) is 0 Å². The molecule has 0 saturated heterocycles. The molecule has 0 bridgehead atoms. The topological polar surface area (TPSA) is 75.4 Å².